The van der Waals surface area contributed by atoms with E-state index < -0.39 is 32.0 Å². The SMILES string of the molecule is CCOC(=O)CN(Cc1cccc(Br)c1)S(N)(=O)=O.CCOC(=O)CNCc1cccc(Br)c1.NS(=O)(=O)Cl. The summed E-state index contributed by atoms with van der Waals surface area (Å²) in [5, 5.41) is 12.2. The van der Waals surface area contributed by atoms with Crippen LogP contribution in [0.5, 0.6) is 0 Å². The summed E-state index contributed by atoms with van der Waals surface area (Å²) < 4.78 is 53.5. The minimum Gasteiger partial charge on any atom is -0.465 e. The van der Waals surface area contributed by atoms with Crippen LogP contribution in [0.3, 0.4) is 0 Å². The lowest BCUT2D eigenvalue weighted by molar-refractivity contribution is -0.143. The number of carbonyl (C=O) groups excluding carboxylic acids is 2. The third-order valence-corrected chi connectivity index (χ3v) is 5.98. The molecule has 0 bridgehead atoms. The van der Waals surface area contributed by atoms with Gasteiger partial charge in [0, 0.05) is 32.7 Å². The first-order valence-electron chi connectivity index (χ1n) is 11.1. The molecule has 0 aliphatic rings. The van der Waals surface area contributed by atoms with E-state index in [1.807, 2.05) is 30.3 Å². The molecule has 12 nitrogen and oxygen atoms in total. The van der Waals surface area contributed by atoms with Crippen LogP contribution in [0.15, 0.2) is 57.5 Å². The highest BCUT2D eigenvalue weighted by Gasteiger charge is 2.21. The molecule has 2 aromatic carbocycles. The van der Waals surface area contributed by atoms with Crippen molar-refractivity contribution >= 4 is 73.9 Å². The molecule has 0 aromatic heterocycles. The zero-order valence-corrected chi connectivity index (χ0v) is 26.7. The molecular formula is C22H31Br2ClN4O8S2. The molecule has 39 heavy (non-hydrogen) atoms. The van der Waals surface area contributed by atoms with Gasteiger partial charge in [-0.1, -0.05) is 56.1 Å². The molecule has 17 heteroatoms. The number of halogens is 3. The second-order valence-corrected chi connectivity index (χ2v) is 12.9. The highest BCUT2D eigenvalue weighted by atomic mass is 79.9. The van der Waals surface area contributed by atoms with Crippen LogP contribution in [0.2, 0.25) is 0 Å². The first-order chi connectivity index (χ1) is 18.0. The quantitative estimate of drug-likeness (QED) is 0.230. The molecule has 0 heterocycles. The lowest BCUT2D eigenvalue weighted by Gasteiger charge is -2.18. The Bertz CT molecular complexity index is 1260. The standard InChI is InChI=1S/C11H15BrN2O4S.C11H14BrNO2.ClH2NO2S/c1-2-18-11(15)8-14(19(13,16)17)7-9-4-3-5-10(12)6-9;1-2-15-11(14)8-13-7-9-4-3-5-10(12)6-9;1-5(2,3)4/h3-6H,2,7-8H2,1H3,(H2,13,16,17);3-6,13H,2,7-8H2,1H3;(H2,2,3,4). The van der Waals surface area contributed by atoms with Crippen molar-refractivity contribution in [3.05, 3.63) is 68.6 Å². The molecule has 0 aliphatic carbocycles. The van der Waals surface area contributed by atoms with E-state index in [1.165, 1.54) is 0 Å². The maximum Gasteiger partial charge on any atom is 0.321 e. The lowest BCUT2D eigenvalue weighted by Crippen LogP contribution is -2.40. The Balaban J connectivity index is 0.000000643. The third kappa shape index (κ3) is 21.8. The molecule has 2 rings (SSSR count). The fourth-order valence-electron chi connectivity index (χ4n) is 2.59. The molecule has 0 radical (unpaired) electrons. The summed E-state index contributed by atoms with van der Waals surface area (Å²) in [4.78, 5) is 22.4. The maximum absolute atomic E-state index is 11.4. The predicted octanol–water partition coefficient (Wildman–Crippen LogP) is 2.55. The van der Waals surface area contributed by atoms with Gasteiger partial charge < -0.3 is 14.8 Å². The van der Waals surface area contributed by atoms with Gasteiger partial charge in [-0.25, -0.2) is 10.3 Å². The van der Waals surface area contributed by atoms with Gasteiger partial charge in [-0.2, -0.15) is 21.1 Å². The smallest absolute Gasteiger partial charge is 0.321 e. The molecule has 0 saturated carbocycles. The molecule has 0 aliphatic heterocycles. The van der Waals surface area contributed by atoms with E-state index in [0.29, 0.717) is 18.7 Å². The third-order valence-electron chi connectivity index (χ3n) is 4.01. The lowest BCUT2D eigenvalue weighted by atomic mass is 10.2. The first kappa shape index (κ1) is 37.4. The zero-order chi connectivity index (χ0) is 30.1. The Kier molecular flexibility index (Phi) is 18.6. The van der Waals surface area contributed by atoms with E-state index in [2.05, 4.69) is 53.0 Å². The van der Waals surface area contributed by atoms with Gasteiger partial charge in [0.25, 0.3) is 19.4 Å². The summed E-state index contributed by atoms with van der Waals surface area (Å²) in [6.07, 6.45) is 0. The Labute approximate surface area is 250 Å². The van der Waals surface area contributed by atoms with Crippen molar-refractivity contribution in [3.8, 4) is 0 Å². The largest absolute Gasteiger partial charge is 0.465 e. The van der Waals surface area contributed by atoms with Gasteiger partial charge in [0.05, 0.1) is 19.8 Å². The topological polar surface area (TPSA) is 188 Å². The van der Waals surface area contributed by atoms with Crippen molar-refractivity contribution in [2.75, 3.05) is 26.3 Å². The second kappa shape index (κ2) is 19.4. The number of nitrogens with zero attached hydrogens (tertiary/aromatic N) is 1. The van der Waals surface area contributed by atoms with E-state index >= 15 is 0 Å². The van der Waals surface area contributed by atoms with Crippen molar-refractivity contribution in [2.45, 2.75) is 26.9 Å². The van der Waals surface area contributed by atoms with Crippen LogP contribution in [0.1, 0.15) is 25.0 Å². The fraction of sp³-hybridized carbons (Fsp3) is 0.364. The Morgan fingerprint density at radius 3 is 1.82 bits per heavy atom. The van der Waals surface area contributed by atoms with Gasteiger partial charge in [0.2, 0.25) is 0 Å². The van der Waals surface area contributed by atoms with Crippen LogP contribution >= 0.6 is 42.5 Å². The van der Waals surface area contributed by atoms with Crippen LogP contribution in [-0.4, -0.2) is 59.4 Å². The van der Waals surface area contributed by atoms with E-state index in [9.17, 15) is 26.4 Å². The number of nitrogens with two attached hydrogens (primary N) is 2. The number of carbonyl (C=O) groups is 2. The van der Waals surface area contributed by atoms with Crippen LogP contribution in [0.25, 0.3) is 0 Å². The van der Waals surface area contributed by atoms with Crippen LogP contribution in [0, 0.1) is 0 Å². The summed E-state index contributed by atoms with van der Waals surface area (Å²) in [5.41, 5.74) is 1.85. The van der Waals surface area contributed by atoms with Crippen molar-refractivity contribution in [1.29, 1.82) is 0 Å². The monoisotopic (exact) mass is 736 g/mol. The molecule has 0 spiro atoms. The van der Waals surface area contributed by atoms with E-state index in [-0.39, 0.29) is 25.7 Å². The fourth-order valence-corrected chi connectivity index (χ4v) is 4.10. The Morgan fingerprint density at radius 2 is 1.36 bits per heavy atom. The number of hydrogen-bond donors (Lipinski definition) is 3. The number of esters is 2. The van der Waals surface area contributed by atoms with Crippen LogP contribution in [-0.2, 0) is 51.6 Å². The summed E-state index contributed by atoms with van der Waals surface area (Å²) in [6, 6.07) is 15.0. The van der Waals surface area contributed by atoms with Gasteiger partial charge in [0.1, 0.15) is 6.54 Å². The zero-order valence-electron chi connectivity index (χ0n) is 21.2. The number of hydrogen-bond acceptors (Lipinski definition) is 9. The highest BCUT2D eigenvalue weighted by molar-refractivity contribution is 9.10. The Hall–Kier alpha value is -1.63. The number of rotatable bonds is 11. The number of ether oxygens (including phenoxy) is 2. The predicted molar refractivity (Wildman–Crippen MR) is 156 cm³/mol. The van der Waals surface area contributed by atoms with Crippen molar-refractivity contribution < 1.29 is 35.9 Å². The average molecular weight is 739 g/mol. The van der Waals surface area contributed by atoms with Gasteiger partial charge in [-0.3, -0.25) is 9.59 Å². The second-order valence-electron chi connectivity index (χ2n) is 7.26. The molecule has 0 unspecified atom stereocenters. The highest BCUT2D eigenvalue weighted by Crippen LogP contribution is 2.14. The van der Waals surface area contributed by atoms with Gasteiger partial charge in [0.15, 0.2) is 0 Å². The van der Waals surface area contributed by atoms with Crippen molar-refractivity contribution in [3.63, 3.8) is 0 Å². The molecule has 220 valence electrons. The van der Waals surface area contributed by atoms with Crippen molar-refractivity contribution in [2.24, 2.45) is 10.3 Å². The van der Waals surface area contributed by atoms with E-state index in [4.69, 9.17) is 14.6 Å². The maximum atomic E-state index is 11.4. The molecule has 2 aromatic rings. The minimum atomic E-state index is -3.97. The molecule has 0 saturated heterocycles. The number of nitrogens with one attached hydrogen (secondary N) is 1. The summed E-state index contributed by atoms with van der Waals surface area (Å²) in [5.74, 6) is -0.848. The van der Waals surface area contributed by atoms with Gasteiger partial charge in [-0.15, -0.1) is 0 Å². The molecular weight excluding hydrogens is 708 g/mol. The van der Waals surface area contributed by atoms with Crippen LogP contribution < -0.4 is 15.6 Å². The number of benzene rings is 2. The summed E-state index contributed by atoms with van der Waals surface area (Å²) in [6.45, 7) is 4.58. The normalized spacial score (nSPS) is 11.0. The van der Waals surface area contributed by atoms with E-state index in [0.717, 1.165) is 18.8 Å². The molecule has 0 amide bonds. The average Bonchev–Trinajstić information content (AvgIpc) is 2.78. The Morgan fingerprint density at radius 1 is 0.897 bits per heavy atom. The van der Waals surface area contributed by atoms with Gasteiger partial charge in [-0.05, 0) is 49.2 Å². The molecule has 5 N–H and O–H groups in total. The summed E-state index contributed by atoms with van der Waals surface area (Å²) in [7, 11) is -3.39. The summed E-state index contributed by atoms with van der Waals surface area (Å²) >= 11 is 6.68. The van der Waals surface area contributed by atoms with E-state index in [1.54, 1.807) is 32.0 Å². The van der Waals surface area contributed by atoms with Crippen LogP contribution in [0.4, 0.5) is 0 Å². The van der Waals surface area contributed by atoms with Gasteiger partial charge >= 0.3 is 11.9 Å². The minimum absolute atomic E-state index is 0.0110. The van der Waals surface area contributed by atoms with Crippen molar-refractivity contribution in [1.82, 2.24) is 9.62 Å². The molecule has 0 atom stereocenters. The molecule has 0 fully saturated rings. The first-order valence-corrected chi connectivity index (χ1v) is 16.5.